The van der Waals surface area contributed by atoms with Crippen LogP contribution in [0.5, 0.6) is 0 Å². The summed E-state index contributed by atoms with van der Waals surface area (Å²) in [5, 5.41) is 8.73. The standard InChI is InChI=1S/C13H24N2O4/c1-13(2,3)19-12(18)14(4)7-10-5-6-15(8-10)9-11(16)17/h10H,5-9H2,1-4H3,(H,16,17)/t10-/m1/s1. The third kappa shape index (κ3) is 5.92. The topological polar surface area (TPSA) is 70.1 Å². The molecule has 1 rings (SSSR count). The Morgan fingerprint density at radius 2 is 2.05 bits per heavy atom. The lowest BCUT2D eigenvalue weighted by Gasteiger charge is -2.26. The molecule has 1 aliphatic rings. The molecular weight excluding hydrogens is 248 g/mol. The molecule has 110 valence electrons. The maximum absolute atomic E-state index is 11.8. The van der Waals surface area contributed by atoms with Gasteiger partial charge in [-0.05, 0) is 39.7 Å². The first-order chi connectivity index (χ1) is 8.67. The fraction of sp³-hybridized carbons (Fsp3) is 0.846. The number of nitrogens with zero attached hydrogens (tertiary/aromatic N) is 2. The van der Waals surface area contributed by atoms with Crippen molar-refractivity contribution < 1.29 is 19.4 Å². The van der Waals surface area contributed by atoms with Crippen molar-refractivity contribution >= 4 is 12.1 Å². The highest BCUT2D eigenvalue weighted by atomic mass is 16.6. The molecule has 1 heterocycles. The Balaban J connectivity index is 2.36. The van der Waals surface area contributed by atoms with E-state index >= 15 is 0 Å². The zero-order chi connectivity index (χ0) is 14.6. The van der Waals surface area contributed by atoms with Crippen LogP contribution in [0.4, 0.5) is 4.79 Å². The van der Waals surface area contributed by atoms with Gasteiger partial charge in [0, 0.05) is 20.1 Å². The lowest BCUT2D eigenvalue weighted by Crippen LogP contribution is -2.37. The minimum atomic E-state index is -0.804. The molecule has 0 bridgehead atoms. The van der Waals surface area contributed by atoms with Gasteiger partial charge < -0.3 is 14.7 Å². The summed E-state index contributed by atoms with van der Waals surface area (Å²) in [5.41, 5.74) is -0.490. The minimum Gasteiger partial charge on any atom is -0.480 e. The van der Waals surface area contributed by atoms with Gasteiger partial charge in [0.25, 0.3) is 0 Å². The quantitative estimate of drug-likeness (QED) is 0.834. The molecule has 1 saturated heterocycles. The van der Waals surface area contributed by atoms with E-state index < -0.39 is 11.6 Å². The Morgan fingerprint density at radius 3 is 2.58 bits per heavy atom. The van der Waals surface area contributed by atoms with Gasteiger partial charge in [0.05, 0.1) is 6.54 Å². The van der Waals surface area contributed by atoms with Gasteiger partial charge >= 0.3 is 12.1 Å². The molecule has 1 N–H and O–H groups in total. The third-order valence-electron chi connectivity index (χ3n) is 2.97. The number of carboxylic acid groups (broad SMARTS) is 1. The largest absolute Gasteiger partial charge is 0.480 e. The van der Waals surface area contributed by atoms with Gasteiger partial charge in [-0.1, -0.05) is 0 Å². The maximum Gasteiger partial charge on any atom is 0.410 e. The van der Waals surface area contributed by atoms with Gasteiger partial charge in [0.1, 0.15) is 5.60 Å². The number of aliphatic carboxylic acids is 1. The van der Waals surface area contributed by atoms with Gasteiger partial charge in [0.2, 0.25) is 0 Å². The minimum absolute atomic E-state index is 0.0760. The summed E-state index contributed by atoms with van der Waals surface area (Å²) >= 11 is 0. The highest BCUT2D eigenvalue weighted by molar-refractivity contribution is 5.69. The predicted octanol–water partition coefficient (Wildman–Crippen LogP) is 1.26. The molecule has 1 amide bonds. The van der Waals surface area contributed by atoms with Gasteiger partial charge in [-0.3, -0.25) is 9.69 Å². The number of amides is 1. The van der Waals surface area contributed by atoms with Crippen LogP contribution in [0.25, 0.3) is 0 Å². The van der Waals surface area contributed by atoms with Crippen molar-refractivity contribution in [3.05, 3.63) is 0 Å². The van der Waals surface area contributed by atoms with E-state index in [0.717, 1.165) is 19.5 Å². The smallest absolute Gasteiger partial charge is 0.410 e. The molecule has 1 fully saturated rings. The van der Waals surface area contributed by atoms with E-state index in [1.54, 1.807) is 11.9 Å². The maximum atomic E-state index is 11.8. The van der Waals surface area contributed by atoms with Crippen molar-refractivity contribution in [1.82, 2.24) is 9.80 Å². The average molecular weight is 272 g/mol. The van der Waals surface area contributed by atoms with Crippen LogP contribution in [-0.4, -0.2) is 65.8 Å². The van der Waals surface area contributed by atoms with E-state index in [2.05, 4.69) is 0 Å². The van der Waals surface area contributed by atoms with Gasteiger partial charge in [0.15, 0.2) is 0 Å². The number of carboxylic acids is 1. The number of rotatable bonds is 4. The molecule has 0 spiro atoms. The molecule has 0 aromatic rings. The number of hydrogen-bond acceptors (Lipinski definition) is 4. The fourth-order valence-electron chi connectivity index (χ4n) is 2.20. The van der Waals surface area contributed by atoms with E-state index in [-0.39, 0.29) is 12.6 Å². The van der Waals surface area contributed by atoms with E-state index in [0.29, 0.717) is 12.5 Å². The van der Waals surface area contributed by atoms with Crippen LogP contribution in [0.1, 0.15) is 27.2 Å². The molecule has 0 aromatic heterocycles. The van der Waals surface area contributed by atoms with Crippen LogP contribution in [-0.2, 0) is 9.53 Å². The highest BCUT2D eigenvalue weighted by Gasteiger charge is 2.27. The van der Waals surface area contributed by atoms with Gasteiger partial charge in [-0.15, -0.1) is 0 Å². The second-order valence-electron chi connectivity index (χ2n) is 6.14. The molecular formula is C13H24N2O4. The Labute approximate surface area is 114 Å². The summed E-state index contributed by atoms with van der Waals surface area (Å²) in [6, 6.07) is 0. The van der Waals surface area contributed by atoms with Crippen molar-refractivity contribution in [3.8, 4) is 0 Å². The van der Waals surface area contributed by atoms with Gasteiger partial charge in [-0.2, -0.15) is 0 Å². The fourth-order valence-corrected chi connectivity index (χ4v) is 2.20. The van der Waals surface area contributed by atoms with E-state index in [1.165, 1.54) is 0 Å². The van der Waals surface area contributed by atoms with E-state index in [9.17, 15) is 9.59 Å². The zero-order valence-corrected chi connectivity index (χ0v) is 12.2. The molecule has 6 nitrogen and oxygen atoms in total. The van der Waals surface area contributed by atoms with Crippen LogP contribution in [0.2, 0.25) is 0 Å². The lowest BCUT2D eigenvalue weighted by atomic mass is 10.1. The van der Waals surface area contributed by atoms with Gasteiger partial charge in [-0.25, -0.2) is 4.79 Å². The number of hydrogen-bond donors (Lipinski definition) is 1. The molecule has 0 aromatic carbocycles. The van der Waals surface area contributed by atoms with Crippen LogP contribution < -0.4 is 0 Å². The summed E-state index contributed by atoms with van der Waals surface area (Å²) in [5.74, 6) is -0.488. The SMILES string of the molecule is CN(C[C@H]1CCN(CC(=O)O)C1)C(=O)OC(C)(C)C. The summed E-state index contributed by atoms with van der Waals surface area (Å²) in [6.45, 7) is 7.69. The van der Waals surface area contributed by atoms with Crippen LogP contribution in [0.3, 0.4) is 0 Å². The first-order valence-corrected chi connectivity index (χ1v) is 6.55. The monoisotopic (exact) mass is 272 g/mol. The first-order valence-electron chi connectivity index (χ1n) is 6.55. The number of ether oxygens (including phenoxy) is 1. The average Bonchev–Trinajstić information content (AvgIpc) is 2.61. The van der Waals surface area contributed by atoms with Crippen molar-refractivity contribution in [2.45, 2.75) is 32.8 Å². The zero-order valence-electron chi connectivity index (χ0n) is 12.2. The number of carbonyl (C=O) groups excluding carboxylic acids is 1. The van der Waals surface area contributed by atoms with Crippen molar-refractivity contribution in [1.29, 1.82) is 0 Å². The molecule has 0 radical (unpaired) electrons. The van der Waals surface area contributed by atoms with Crippen LogP contribution in [0.15, 0.2) is 0 Å². The second-order valence-corrected chi connectivity index (χ2v) is 6.14. The third-order valence-corrected chi connectivity index (χ3v) is 2.97. The van der Waals surface area contributed by atoms with Crippen molar-refractivity contribution in [2.24, 2.45) is 5.92 Å². The predicted molar refractivity (Wildman–Crippen MR) is 71.0 cm³/mol. The van der Waals surface area contributed by atoms with E-state index in [1.807, 2.05) is 25.7 Å². The molecule has 1 aliphatic heterocycles. The molecule has 0 unspecified atom stereocenters. The van der Waals surface area contributed by atoms with Crippen LogP contribution in [0, 0.1) is 5.92 Å². The summed E-state index contributed by atoms with van der Waals surface area (Å²) < 4.78 is 5.28. The van der Waals surface area contributed by atoms with E-state index in [4.69, 9.17) is 9.84 Å². The summed E-state index contributed by atoms with van der Waals surface area (Å²) in [6.07, 6.45) is 0.588. The van der Waals surface area contributed by atoms with Crippen molar-refractivity contribution in [3.63, 3.8) is 0 Å². The number of likely N-dealkylation sites (tertiary alicyclic amines) is 1. The first kappa shape index (κ1) is 15.8. The summed E-state index contributed by atoms with van der Waals surface area (Å²) in [4.78, 5) is 25.9. The Bertz CT molecular complexity index is 338. The summed E-state index contributed by atoms with van der Waals surface area (Å²) in [7, 11) is 1.72. The Kier molecular flexibility index (Phi) is 5.17. The lowest BCUT2D eigenvalue weighted by molar-refractivity contribution is -0.138. The second kappa shape index (κ2) is 6.23. The Morgan fingerprint density at radius 1 is 1.42 bits per heavy atom. The molecule has 0 aliphatic carbocycles. The van der Waals surface area contributed by atoms with Crippen LogP contribution >= 0.6 is 0 Å². The Hall–Kier alpha value is -1.30. The molecule has 0 saturated carbocycles. The van der Waals surface area contributed by atoms with Crippen molar-refractivity contribution in [2.75, 3.05) is 33.2 Å². The molecule has 19 heavy (non-hydrogen) atoms. The number of carbonyl (C=O) groups is 2. The molecule has 1 atom stereocenters. The normalized spacial score (nSPS) is 20.3. The molecule has 6 heteroatoms. The highest BCUT2D eigenvalue weighted by Crippen LogP contribution is 2.18.